The third kappa shape index (κ3) is 12.3. The fraction of sp³-hybridized carbons (Fsp3) is 0.0758. The molecule has 0 saturated carbocycles. The van der Waals surface area contributed by atoms with Crippen molar-refractivity contribution < 1.29 is 38.4 Å². The lowest BCUT2D eigenvalue weighted by Crippen LogP contribution is -2.22. The number of aryl methyl sites for hydroxylation is 1. The summed E-state index contributed by atoms with van der Waals surface area (Å²) in [6, 6.07) is 31.8. The predicted molar refractivity (Wildman–Crippen MR) is 393 cm³/mol. The SMILES string of the molecule is CN1C(=S)c2cc(C(N)=O)nc3c(NC(=O)c4ccc(Br)cc4)c(Cl)c(N)c1c23.Cc1c(Cl)c(NC(=O)c2ccc(Br)cc2)c2nc(C(N)=O)cc3c2c1N(C)C3=O.Cc1ccc(C(=O)Nc2c(Cl)c(NC(=O)c3ccc(Br)cc3)c3nc(C(N)=O)cc4c3c2N(C)C4=S)cc1. The van der Waals surface area contributed by atoms with E-state index in [-0.39, 0.29) is 77.5 Å². The summed E-state index contributed by atoms with van der Waals surface area (Å²) < 4.78 is 2.48. The first-order valence-corrected chi connectivity index (χ1v) is 32.5. The Morgan fingerprint density at radius 1 is 0.438 bits per heavy atom. The van der Waals surface area contributed by atoms with Gasteiger partial charge in [-0.15, -0.1) is 0 Å². The van der Waals surface area contributed by atoms with E-state index >= 15 is 0 Å². The number of pyridine rings is 3. The minimum Gasteiger partial charge on any atom is -0.396 e. The average Bonchev–Trinajstić information content (AvgIpc) is 1.55. The Morgan fingerprint density at radius 2 is 0.750 bits per heavy atom. The zero-order chi connectivity index (χ0) is 69.4. The molecule has 8 amide bonds. The van der Waals surface area contributed by atoms with Crippen molar-refractivity contribution in [3.05, 3.63) is 211 Å². The summed E-state index contributed by atoms with van der Waals surface area (Å²) in [7, 11) is 5.08. The van der Waals surface area contributed by atoms with Crippen LogP contribution in [-0.4, -0.2) is 93.3 Å². The lowest BCUT2D eigenvalue weighted by molar-refractivity contribution is 0.0984. The third-order valence-electron chi connectivity index (χ3n) is 15.7. The van der Waals surface area contributed by atoms with Gasteiger partial charge in [0.1, 0.15) is 27.1 Å². The van der Waals surface area contributed by atoms with E-state index in [2.05, 4.69) is 84.0 Å². The zero-order valence-corrected chi connectivity index (χ0v) is 59.0. The van der Waals surface area contributed by atoms with E-state index in [0.717, 1.165) is 19.0 Å². The molecule has 0 unspecified atom stereocenters. The quantitative estimate of drug-likeness (QED) is 0.0440. The summed E-state index contributed by atoms with van der Waals surface area (Å²) in [5, 5.41) is 13.3. The summed E-state index contributed by atoms with van der Waals surface area (Å²) in [5.74, 6) is -4.25. The normalized spacial score (nSPS) is 12.4. The first-order chi connectivity index (χ1) is 45.5. The van der Waals surface area contributed by atoms with E-state index in [9.17, 15) is 38.4 Å². The van der Waals surface area contributed by atoms with Crippen LogP contribution in [0, 0.1) is 13.8 Å². The number of amides is 8. The molecule has 22 nitrogen and oxygen atoms in total. The number of carbonyl (C=O) groups excluding carboxylic acids is 8. The second kappa shape index (κ2) is 26.6. The van der Waals surface area contributed by atoms with Crippen LogP contribution < -0.4 is 58.9 Å². The van der Waals surface area contributed by atoms with E-state index in [1.807, 2.05) is 19.1 Å². The van der Waals surface area contributed by atoms with Gasteiger partial charge in [0.25, 0.3) is 47.3 Å². The van der Waals surface area contributed by atoms with E-state index in [4.69, 9.17) is 82.2 Å². The first-order valence-electron chi connectivity index (χ1n) is 28.1. The highest BCUT2D eigenvalue weighted by molar-refractivity contribution is 9.11. The molecule has 482 valence electrons. The number of thiocarbonyl (C=S) groups is 2. The number of aromatic nitrogens is 3. The number of nitrogens with zero attached hydrogens (tertiary/aromatic N) is 6. The summed E-state index contributed by atoms with van der Waals surface area (Å²) >= 11 is 41.1. The second-order valence-corrected chi connectivity index (χ2v) is 26.4. The van der Waals surface area contributed by atoms with Crippen molar-refractivity contribution in [3.63, 3.8) is 0 Å². The molecule has 12 N–H and O–H groups in total. The molecule has 30 heteroatoms. The topological polar surface area (TPSA) is 337 Å². The van der Waals surface area contributed by atoms with Crippen molar-refractivity contribution in [1.82, 2.24) is 15.0 Å². The van der Waals surface area contributed by atoms with Gasteiger partial charge < -0.3 is 58.9 Å². The molecule has 0 atom stereocenters. The Balaban J connectivity index is 0.000000148. The first kappa shape index (κ1) is 67.8. The van der Waals surface area contributed by atoms with E-state index in [1.165, 1.54) is 23.1 Å². The van der Waals surface area contributed by atoms with Crippen LogP contribution in [0.3, 0.4) is 0 Å². The van der Waals surface area contributed by atoms with Gasteiger partial charge in [-0.2, -0.15) is 0 Å². The summed E-state index contributed by atoms with van der Waals surface area (Å²) in [6.45, 7) is 3.68. The smallest absolute Gasteiger partial charge is 0.267 e. The number of hydrogen-bond donors (Lipinski definition) is 8. The van der Waals surface area contributed by atoms with Gasteiger partial charge in [0.2, 0.25) is 0 Å². The molecule has 3 aromatic heterocycles. The summed E-state index contributed by atoms with van der Waals surface area (Å²) in [6.07, 6.45) is 0. The van der Waals surface area contributed by atoms with Crippen molar-refractivity contribution in [1.29, 1.82) is 0 Å². The molecular formula is C66H46Br3Cl3N14O8S2. The fourth-order valence-electron chi connectivity index (χ4n) is 11.0. The molecule has 0 fully saturated rings. The standard InChI is InChI=1S/C27H19BrClN5O3S.C20H14BrClN4O3.C19H13BrClN5O2S/c1-12-3-5-13(6-4-12)26(37)33-22-19(29)21(32-25(36)14-7-9-15(28)10-8-14)20-18-16(11-17(31-20)24(30)35)27(38)34(2)23(18)22;1-8-14(22)16(25-19(28)9-3-5-10(21)6-4-9)15-13-11(7-12(24-15)18(23)27)20(29)26(2)17(8)13;1-26-16-11-9(19(26)29)6-10(17(23)27)24-14(11)15(12(21)13(16)22)25-18(28)7-2-4-8(20)5-3-7/h3-11H,1-2H3,(H2,30,35)(H,32,36)(H,33,37);3-7H,1-2H3,(H2,23,27)(H,25,28);2-6H,22H2,1H3,(H2,23,27)(H,25,28). The maximum absolute atomic E-state index is 13.2. The molecule has 0 saturated heterocycles. The van der Waals surface area contributed by atoms with Crippen molar-refractivity contribution >= 4 is 242 Å². The Kier molecular flexibility index (Phi) is 18.8. The predicted octanol–water partition coefficient (Wildman–Crippen LogP) is 13.3. The van der Waals surface area contributed by atoms with Gasteiger partial charge in [-0.3, -0.25) is 38.4 Å². The molecule has 6 heterocycles. The maximum atomic E-state index is 13.2. The molecule has 13 rings (SSSR count). The molecule has 0 radical (unpaired) electrons. The minimum atomic E-state index is -0.783. The highest BCUT2D eigenvalue weighted by atomic mass is 79.9. The highest BCUT2D eigenvalue weighted by Gasteiger charge is 2.37. The van der Waals surface area contributed by atoms with Crippen LogP contribution in [0.25, 0.3) is 32.7 Å². The van der Waals surface area contributed by atoms with Crippen molar-refractivity contribution in [2.75, 3.05) is 62.8 Å². The molecule has 10 aromatic rings. The lowest BCUT2D eigenvalue weighted by Gasteiger charge is -2.21. The van der Waals surface area contributed by atoms with Crippen molar-refractivity contribution in [2.24, 2.45) is 17.2 Å². The molecule has 3 aliphatic heterocycles. The number of anilines is 8. The minimum absolute atomic E-state index is 0.0103. The van der Waals surface area contributed by atoms with Crippen LogP contribution in [0.1, 0.15) is 106 Å². The summed E-state index contributed by atoms with van der Waals surface area (Å²) in [5.41, 5.74) is 30.6. The number of nitrogens with one attached hydrogen (secondary N) is 4. The molecule has 0 spiro atoms. The van der Waals surface area contributed by atoms with Crippen molar-refractivity contribution in [2.45, 2.75) is 13.8 Å². The Bertz CT molecular complexity index is 4990. The van der Waals surface area contributed by atoms with E-state index in [0.29, 0.717) is 93.2 Å². The lowest BCUT2D eigenvalue weighted by atomic mass is 10.0. The monoisotopic (exact) mass is 1570 g/mol. The van der Waals surface area contributed by atoms with Crippen LogP contribution in [0.15, 0.2) is 129 Å². The molecule has 3 aliphatic rings. The summed E-state index contributed by atoms with van der Waals surface area (Å²) in [4.78, 5) is 119. The van der Waals surface area contributed by atoms with Crippen LogP contribution in [-0.2, 0) is 0 Å². The highest BCUT2D eigenvalue weighted by Crippen LogP contribution is 2.52. The Morgan fingerprint density at radius 3 is 1.14 bits per heavy atom. The Hall–Kier alpha value is -9.58. The fourth-order valence-corrected chi connectivity index (χ4v) is 13.0. The number of primary amides is 3. The van der Waals surface area contributed by atoms with Gasteiger partial charge in [0, 0.05) is 84.1 Å². The van der Waals surface area contributed by atoms with Gasteiger partial charge in [-0.05, 0) is 123 Å². The zero-order valence-electron chi connectivity index (χ0n) is 50.3. The third-order valence-corrected chi connectivity index (χ3v) is 19.5. The number of carbonyl (C=O) groups is 8. The molecule has 0 aliphatic carbocycles. The second-order valence-electron chi connectivity index (χ2n) is 21.8. The number of hydrogen-bond acceptors (Lipinski definition) is 14. The van der Waals surface area contributed by atoms with Gasteiger partial charge >= 0.3 is 0 Å². The molecule has 7 aromatic carbocycles. The molecular weight excluding hydrogens is 1530 g/mol. The van der Waals surface area contributed by atoms with E-state index < -0.39 is 41.4 Å². The average molecular weight is 1570 g/mol. The van der Waals surface area contributed by atoms with Crippen LogP contribution in [0.2, 0.25) is 15.1 Å². The van der Waals surface area contributed by atoms with Gasteiger partial charge in [-0.1, -0.05) is 125 Å². The Labute approximate surface area is 595 Å². The van der Waals surface area contributed by atoms with Crippen LogP contribution in [0.5, 0.6) is 0 Å². The number of halogens is 6. The van der Waals surface area contributed by atoms with E-state index in [1.54, 1.807) is 123 Å². The van der Waals surface area contributed by atoms with Crippen LogP contribution >= 0.6 is 107 Å². The number of nitrogen functional groups attached to an aromatic ring is 1. The molecule has 96 heavy (non-hydrogen) atoms. The largest absolute Gasteiger partial charge is 0.396 e. The number of rotatable bonds is 11. The van der Waals surface area contributed by atoms with Crippen LogP contribution in [0.4, 0.5) is 45.5 Å². The van der Waals surface area contributed by atoms with Crippen molar-refractivity contribution in [3.8, 4) is 0 Å². The maximum Gasteiger partial charge on any atom is 0.267 e. The van der Waals surface area contributed by atoms with Gasteiger partial charge in [-0.25, -0.2) is 15.0 Å². The number of nitrogens with two attached hydrogens (primary N) is 4. The van der Waals surface area contributed by atoms with Gasteiger partial charge in [0.15, 0.2) is 0 Å². The molecule has 0 bridgehead atoms. The number of benzene rings is 7. The van der Waals surface area contributed by atoms with Gasteiger partial charge in [0.05, 0.1) is 82.7 Å².